The van der Waals surface area contributed by atoms with Crippen molar-refractivity contribution < 1.29 is 0 Å². The van der Waals surface area contributed by atoms with Gasteiger partial charge < -0.3 is 0 Å². The normalized spacial score (nSPS) is 10.6. The molecule has 0 unspecified atom stereocenters. The molecule has 246 valence electrons. The standard InChI is InChI=1S/C22H12Br4.C22H16.Br2/c23-15-5-1-13(2-6-15)19-9-17(25)12-22-20(10-18(26)11-21(19)22)14-3-7-16(24)8-4-14;1-3-9-17(10-4-1)19-13-7-16-22-20(14-8-15-21(19)22)18-11-5-2-6-12-18;1-2/h1-12H;1-16H;. The first-order valence-electron chi connectivity index (χ1n) is 15.7. The van der Waals surface area contributed by atoms with Gasteiger partial charge in [-0.25, -0.2) is 0 Å². The lowest BCUT2D eigenvalue weighted by atomic mass is 9.93. The smallest absolute Gasteiger partial charge is 0.0188 e. The third-order valence-electron chi connectivity index (χ3n) is 8.40. The molecule has 0 N–H and O–H groups in total. The second-order valence-corrected chi connectivity index (χ2v) is 15.1. The zero-order valence-corrected chi connectivity index (χ0v) is 35.9. The van der Waals surface area contributed by atoms with Gasteiger partial charge in [0.05, 0.1) is 0 Å². The molecule has 0 saturated carbocycles. The minimum absolute atomic E-state index is 1.07. The predicted octanol–water partition coefficient (Wildman–Crippen LogP) is 17.1. The zero-order chi connectivity index (χ0) is 35.0. The highest BCUT2D eigenvalue weighted by molar-refractivity contribution is 9.93. The largest absolute Gasteiger partial charge is 0.0622 e. The van der Waals surface area contributed by atoms with Gasteiger partial charge in [-0.3, -0.25) is 0 Å². The van der Waals surface area contributed by atoms with Gasteiger partial charge in [0.1, 0.15) is 0 Å². The minimum Gasteiger partial charge on any atom is -0.0622 e. The SMILES string of the molecule is BrBr.Brc1ccc(-c2cc(Br)cc3c(-c4ccc(Br)cc4)cc(Br)cc23)cc1.c1ccc(-c2cccc3c(-c4ccccc4)cccc23)cc1. The molecule has 0 atom stereocenters. The third kappa shape index (κ3) is 8.61. The number of fused-ring (bicyclic) bond motifs is 2. The molecule has 0 heterocycles. The van der Waals surface area contributed by atoms with Crippen molar-refractivity contribution in [2.45, 2.75) is 0 Å². The van der Waals surface area contributed by atoms with Gasteiger partial charge in [0.2, 0.25) is 0 Å². The van der Waals surface area contributed by atoms with E-state index in [1.165, 1.54) is 66.1 Å². The number of hydrogen-bond donors (Lipinski definition) is 0. The van der Waals surface area contributed by atoms with Crippen LogP contribution < -0.4 is 0 Å². The quantitative estimate of drug-likeness (QED) is 0.165. The van der Waals surface area contributed by atoms with Gasteiger partial charge in [0.25, 0.3) is 0 Å². The number of rotatable bonds is 4. The van der Waals surface area contributed by atoms with Crippen molar-refractivity contribution in [2.75, 3.05) is 0 Å². The Morgan fingerprint density at radius 2 is 0.580 bits per heavy atom. The molecule has 0 bridgehead atoms. The molecule has 0 aliphatic rings. The summed E-state index contributed by atoms with van der Waals surface area (Å²) in [5.74, 6) is 0. The van der Waals surface area contributed by atoms with Gasteiger partial charge in [0, 0.05) is 46.1 Å². The fourth-order valence-corrected chi connectivity index (χ4v) is 7.62. The summed E-state index contributed by atoms with van der Waals surface area (Å²) in [5.41, 5.74) is 9.91. The fraction of sp³-hybridized carbons (Fsp3) is 0. The Morgan fingerprint density at radius 1 is 0.240 bits per heavy atom. The highest BCUT2D eigenvalue weighted by Crippen LogP contribution is 2.40. The Labute approximate surface area is 342 Å². The van der Waals surface area contributed by atoms with E-state index in [9.17, 15) is 0 Å². The molecule has 50 heavy (non-hydrogen) atoms. The van der Waals surface area contributed by atoms with Crippen LogP contribution in [0.4, 0.5) is 0 Å². The summed E-state index contributed by atoms with van der Waals surface area (Å²) in [6, 6.07) is 60.0. The Balaban J connectivity index is 0.000000167. The topological polar surface area (TPSA) is 0 Å². The summed E-state index contributed by atoms with van der Waals surface area (Å²) in [6.45, 7) is 0. The molecule has 0 aliphatic heterocycles. The second kappa shape index (κ2) is 17.6. The molecule has 0 saturated heterocycles. The molecule has 6 heteroatoms. The molecule has 0 radical (unpaired) electrons. The maximum Gasteiger partial charge on any atom is 0.0188 e. The van der Waals surface area contributed by atoms with E-state index in [2.05, 4.69) is 262 Å². The van der Waals surface area contributed by atoms with Crippen molar-refractivity contribution >= 4 is 114 Å². The molecular weight excluding hydrogens is 1010 g/mol. The summed E-state index contributed by atoms with van der Waals surface area (Å²) in [6.07, 6.45) is 0. The molecule has 0 aromatic heterocycles. The van der Waals surface area contributed by atoms with Gasteiger partial charge in [0.15, 0.2) is 0 Å². The maximum absolute atomic E-state index is 3.70. The van der Waals surface area contributed by atoms with Crippen LogP contribution >= 0.6 is 92.0 Å². The van der Waals surface area contributed by atoms with Crippen LogP contribution in [0.3, 0.4) is 0 Å². The Bertz CT molecular complexity index is 2180. The Kier molecular flexibility index (Phi) is 13.0. The van der Waals surface area contributed by atoms with Gasteiger partial charge in [-0.1, -0.05) is 185 Å². The summed E-state index contributed by atoms with van der Waals surface area (Å²) < 4.78 is 4.31. The first kappa shape index (κ1) is 36.9. The maximum atomic E-state index is 3.70. The van der Waals surface area contributed by atoms with Crippen LogP contribution in [-0.4, -0.2) is 0 Å². The predicted molar refractivity (Wildman–Crippen MR) is 238 cm³/mol. The van der Waals surface area contributed by atoms with E-state index in [1.54, 1.807) is 0 Å². The van der Waals surface area contributed by atoms with Crippen molar-refractivity contribution in [3.05, 3.63) is 188 Å². The Hall–Kier alpha value is -2.84. The zero-order valence-electron chi connectivity index (χ0n) is 26.4. The summed E-state index contributed by atoms with van der Waals surface area (Å²) in [5, 5.41) is 5.05. The van der Waals surface area contributed by atoms with E-state index in [-0.39, 0.29) is 0 Å². The minimum atomic E-state index is 1.07. The van der Waals surface area contributed by atoms with Crippen molar-refractivity contribution in [3.8, 4) is 44.5 Å². The fourth-order valence-electron chi connectivity index (χ4n) is 6.18. The van der Waals surface area contributed by atoms with Gasteiger partial charge in [-0.15, -0.1) is 0 Å². The van der Waals surface area contributed by atoms with Crippen molar-refractivity contribution in [1.82, 2.24) is 0 Å². The third-order valence-corrected chi connectivity index (χ3v) is 10.4. The monoisotopic (exact) mass is 1030 g/mol. The average Bonchev–Trinajstić information content (AvgIpc) is 3.16. The van der Waals surface area contributed by atoms with E-state index < -0.39 is 0 Å². The van der Waals surface area contributed by atoms with Crippen LogP contribution in [0.5, 0.6) is 0 Å². The Morgan fingerprint density at radius 3 is 0.940 bits per heavy atom. The molecule has 0 spiro atoms. The van der Waals surface area contributed by atoms with E-state index in [4.69, 9.17) is 0 Å². The summed E-state index contributed by atoms with van der Waals surface area (Å²) in [7, 11) is 0. The lowest BCUT2D eigenvalue weighted by Gasteiger charge is -2.14. The number of halogens is 6. The number of hydrogen-bond acceptors (Lipinski definition) is 0. The molecule has 0 fully saturated rings. The molecular formula is C44H28Br6. The average molecular weight is 1040 g/mol. The molecule has 0 amide bonds. The summed E-state index contributed by atoms with van der Waals surface area (Å²) in [4.78, 5) is 0. The van der Waals surface area contributed by atoms with Gasteiger partial charge >= 0.3 is 0 Å². The molecule has 0 nitrogen and oxygen atoms in total. The van der Waals surface area contributed by atoms with E-state index >= 15 is 0 Å². The van der Waals surface area contributed by atoms with E-state index in [0.717, 1.165) is 17.9 Å². The van der Waals surface area contributed by atoms with Crippen LogP contribution in [0, 0.1) is 0 Å². The molecule has 8 aromatic rings. The van der Waals surface area contributed by atoms with Crippen LogP contribution in [0.15, 0.2) is 188 Å². The molecule has 8 rings (SSSR count). The number of benzene rings is 8. The highest BCUT2D eigenvalue weighted by Gasteiger charge is 2.13. The lowest BCUT2D eigenvalue weighted by molar-refractivity contribution is 1.58. The lowest BCUT2D eigenvalue weighted by Crippen LogP contribution is -1.87. The van der Waals surface area contributed by atoms with Crippen molar-refractivity contribution in [2.24, 2.45) is 0 Å². The van der Waals surface area contributed by atoms with Crippen LogP contribution in [0.2, 0.25) is 0 Å². The van der Waals surface area contributed by atoms with Crippen molar-refractivity contribution in [3.63, 3.8) is 0 Å². The van der Waals surface area contributed by atoms with Gasteiger partial charge in [-0.2, -0.15) is 0 Å². The first-order valence-corrected chi connectivity index (χ1v) is 22.5. The highest BCUT2D eigenvalue weighted by atomic mass is 80.9. The van der Waals surface area contributed by atoms with E-state index in [1.807, 2.05) is 0 Å². The second-order valence-electron chi connectivity index (χ2n) is 11.5. The van der Waals surface area contributed by atoms with Crippen LogP contribution in [0.25, 0.3) is 66.1 Å². The molecule has 0 aliphatic carbocycles. The van der Waals surface area contributed by atoms with Gasteiger partial charge in [-0.05, 0) is 115 Å². The van der Waals surface area contributed by atoms with Crippen LogP contribution in [-0.2, 0) is 0 Å². The van der Waals surface area contributed by atoms with Crippen LogP contribution in [0.1, 0.15) is 0 Å². The molecule has 8 aromatic carbocycles. The van der Waals surface area contributed by atoms with Crippen molar-refractivity contribution in [1.29, 1.82) is 0 Å². The first-order chi connectivity index (χ1) is 24.4. The van der Waals surface area contributed by atoms with E-state index in [0.29, 0.717) is 0 Å². The summed E-state index contributed by atoms with van der Waals surface area (Å²) >= 11 is 19.9.